The lowest BCUT2D eigenvalue weighted by Gasteiger charge is -2.26. The third-order valence-corrected chi connectivity index (χ3v) is 5.34. The molecule has 0 spiro atoms. The summed E-state index contributed by atoms with van der Waals surface area (Å²) in [6.07, 6.45) is 10.5. The Morgan fingerprint density at radius 3 is 2.65 bits per heavy atom. The van der Waals surface area contributed by atoms with Crippen molar-refractivity contribution < 1.29 is 4.79 Å². The molecule has 2 aliphatic rings. The first kappa shape index (κ1) is 13.2. The molecule has 2 saturated carbocycles. The molecule has 2 aliphatic carbocycles. The van der Waals surface area contributed by atoms with Gasteiger partial charge >= 0.3 is 0 Å². The predicted octanol–water partition coefficient (Wildman–Crippen LogP) is 1.92. The van der Waals surface area contributed by atoms with Gasteiger partial charge in [-0.15, -0.1) is 0 Å². The first-order chi connectivity index (χ1) is 8.24. The molecule has 0 bridgehead atoms. The Labute approximate surface area is 108 Å². The first-order valence-corrected chi connectivity index (χ1v) is 8.02. The second-order valence-corrected chi connectivity index (χ2v) is 6.62. The lowest BCUT2D eigenvalue weighted by atomic mass is 10.1. The van der Waals surface area contributed by atoms with Gasteiger partial charge in [-0.25, -0.2) is 0 Å². The van der Waals surface area contributed by atoms with E-state index in [1.807, 2.05) is 11.8 Å². The number of thioether (sulfide) groups is 1. The van der Waals surface area contributed by atoms with Crippen LogP contribution in [0.4, 0.5) is 0 Å². The predicted molar refractivity (Wildman–Crippen MR) is 73.4 cm³/mol. The van der Waals surface area contributed by atoms with Crippen LogP contribution in [0.5, 0.6) is 0 Å². The fourth-order valence-corrected chi connectivity index (χ4v) is 3.41. The van der Waals surface area contributed by atoms with Crippen LogP contribution in [0.1, 0.15) is 44.9 Å². The van der Waals surface area contributed by atoms with Crippen LogP contribution < -0.4 is 10.6 Å². The van der Waals surface area contributed by atoms with Crippen molar-refractivity contribution in [2.45, 2.75) is 55.7 Å². The zero-order chi connectivity index (χ0) is 12.1. The zero-order valence-corrected chi connectivity index (χ0v) is 11.6. The van der Waals surface area contributed by atoms with E-state index in [0.29, 0.717) is 17.2 Å². The van der Waals surface area contributed by atoms with Gasteiger partial charge in [0.2, 0.25) is 5.91 Å². The number of amides is 1. The molecule has 0 radical (unpaired) electrons. The van der Waals surface area contributed by atoms with E-state index < -0.39 is 0 Å². The van der Waals surface area contributed by atoms with Crippen LogP contribution in [0.25, 0.3) is 0 Å². The molecule has 17 heavy (non-hydrogen) atoms. The van der Waals surface area contributed by atoms with Crippen LogP contribution in [-0.2, 0) is 4.79 Å². The van der Waals surface area contributed by atoms with Crippen molar-refractivity contribution in [3.63, 3.8) is 0 Å². The van der Waals surface area contributed by atoms with E-state index in [-0.39, 0.29) is 5.91 Å². The number of nitrogens with one attached hydrogen (secondary N) is 2. The largest absolute Gasteiger partial charge is 0.355 e. The zero-order valence-electron chi connectivity index (χ0n) is 10.8. The van der Waals surface area contributed by atoms with Crippen molar-refractivity contribution in [2.75, 3.05) is 19.3 Å². The number of carbonyl (C=O) groups excluding carboxylic acids is 1. The summed E-state index contributed by atoms with van der Waals surface area (Å²) in [6.45, 7) is 1.69. The van der Waals surface area contributed by atoms with Gasteiger partial charge in [0.15, 0.2) is 0 Å². The number of hydrogen-bond donors (Lipinski definition) is 2. The van der Waals surface area contributed by atoms with E-state index in [4.69, 9.17) is 0 Å². The number of rotatable bonds is 7. The Bertz CT molecular complexity index is 260. The molecule has 0 unspecified atom stereocenters. The molecule has 0 aromatic rings. The molecule has 3 nitrogen and oxygen atoms in total. The number of hydrogen-bond acceptors (Lipinski definition) is 3. The maximum Gasteiger partial charge on any atom is 0.221 e. The summed E-state index contributed by atoms with van der Waals surface area (Å²) < 4.78 is 0.333. The third-order valence-electron chi connectivity index (χ3n) is 3.92. The Hall–Kier alpha value is -0.220. The summed E-state index contributed by atoms with van der Waals surface area (Å²) >= 11 is 1.93. The maximum absolute atomic E-state index is 11.7. The van der Waals surface area contributed by atoms with E-state index in [1.165, 1.54) is 38.5 Å². The summed E-state index contributed by atoms with van der Waals surface area (Å²) in [5.74, 6) is 0.207. The average molecular weight is 256 g/mol. The van der Waals surface area contributed by atoms with Gasteiger partial charge in [0.05, 0.1) is 0 Å². The topological polar surface area (TPSA) is 41.1 Å². The lowest BCUT2D eigenvalue weighted by molar-refractivity contribution is -0.121. The summed E-state index contributed by atoms with van der Waals surface area (Å²) in [7, 11) is 0. The summed E-state index contributed by atoms with van der Waals surface area (Å²) in [4.78, 5) is 11.7. The normalized spacial score (nSPS) is 22.6. The van der Waals surface area contributed by atoms with Crippen molar-refractivity contribution >= 4 is 17.7 Å². The second-order valence-electron chi connectivity index (χ2n) is 5.35. The molecular weight excluding hydrogens is 232 g/mol. The number of carbonyl (C=O) groups is 1. The molecule has 0 heterocycles. The maximum atomic E-state index is 11.7. The van der Waals surface area contributed by atoms with Gasteiger partial charge in [-0.1, -0.05) is 12.8 Å². The highest BCUT2D eigenvalue weighted by Crippen LogP contribution is 2.39. The highest BCUT2D eigenvalue weighted by molar-refractivity contribution is 8.00. The van der Waals surface area contributed by atoms with Crippen molar-refractivity contribution in [1.29, 1.82) is 0 Å². The summed E-state index contributed by atoms with van der Waals surface area (Å²) in [5.41, 5.74) is 0. The Morgan fingerprint density at radius 1 is 1.35 bits per heavy atom. The van der Waals surface area contributed by atoms with Crippen LogP contribution in [0.15, 0.2) is 0 Å². The highest BCUT2D eigenvalue weighted by Gasteiger charge is 2.33. The quantitative estimate of drug-likeness (QED) is 0.731. The van der Waals surface area contributed by atoms with Crippen LogP contribution in [-0.4, -0.2) is 36.0 Å². The minimum Gasteiger partial charge on any atom is -0.355 e. The van der Waals surface area contributed by atoms with E-state index >= 15 is 0 Å². The van der Waals surface area contributed by atoms with Crippen molar-refractivity contribution in [3.8, 4) is 0 Å². The lowest BCUT2D eigenvalue weighted by Crippen LogP contribution is -2.39. The fraction of sp³-hybridized carbons (Fsp3) is 0.923. The Balaban J connectivity index is 1.60. The molecule has 2 rings (SSSR count). The van der Waals surface area contributed by atoms with Crippen LogP contribution in [0, 0.1) is 0 Å². The summed E-state index contributed by atoms with van der Waals surface area (Å²) in [5, 5.41) is 6.48. The molecule has 1 amide bonds. The molecule has 0 aliphatic heterocycles. The van der Waals surface area contributed by atoms with Crippen molar-refractivity contribution in [2.24, 2.45) is 0 Å². The summed E-state index contributed by atoms with van der Waals surface area (Å²) in [6, 6.07) is 0.704. The van der Waals surface area contributed by atoms with E-state index in [1.54, 1.807) is 0 Å². The van der Waals surface area contributed by atoms with E-state index in [9.17, 15) is 4.79 Å². The van der Waals surface area contributed by atoms with Gasteiger partial charge in [-0.3, -0.25) is 4.79 Å². The average Bonchev–Trinajstić information content (AvgIpc) is 3.04. The van der Waals surface area contributed by atoms with Gasteiger partial charge in [0.1, 0.15) is 0 Å². The van der Waals surface area contributed by atoms with Crippen LogP contribution in [0.2, 0.25) is 0 Å². The monoisotopic (exact) mass is 256 g/mol. The standard InChI is InChI=1S/C13H24N2OS/c1-17-13(7-2-3-8-13)10-15-12(16)6-9-14-11-4-5-11/h11,14H,2-10H2,1H3,(H,15,16). The smallest absolute Gasteiger partial charge is 0.221 e. The SMILES string of the molecule is CSC1(CNC(=O)CCNC2CC2)CCCC1. The molecule has 0 aromatic heterocycles. The molecule has 2 N–H and O–H groups in total. The molecule has 0 aromatic carbocycles. The van der Waals surface area contributed by atoms with Gasteiger partial charge in [-0.2, -0.15) is 11.8 Å². The second kappa shape index (κ2) is 6.10. The minimum atomic E-state index is 0.207. The first-order valence-electron chi connectivity index (χ1n) is 6.79. The van der Waals surface area contributed by atoms with Crippen LogP contribution in [0.3, 0.4) is 0 Å². The molecular formula is C13H24N2OS. The van der Waals surface area contributed by atoms with Crippen molar-refractivity contribution in [1.82, 2.24) is 10.6 Å². The molecule has 2 fully saturated rings. The molecule has 98 valence electrons. The molecule has 0 atom stereocenters. The van der Waals surface area contributed by atoms with E-state index in [0.717, 1.165) is 13.1 Å². The Morgan fingerprint density at radius 2 is 2.06 bits per heavy atom. The molecule has 4 heteroatoms. The van der Waals surface area contributed by atoms with Crippen LogP contribution >= 0.6 is 11.8 Å². The Kier molecular flexibility index (Phi) is 4.74. The van der Waals surface area contributed by atoms with Gasteiger partial charge in [-0.05, 0) is 31.9 Å². The van der Waals surface area contributed by atoms with Gasteiger partial charge in [0.25, 0.3) is 0 Å². The molecule has 0 saturated heterocycles. The van der Waals surface area contributed by atoms with Crippen molar-refractivity contribution in [3.05, 3.63) is 0 Å². The van der Waals surface area contributed by atoms with E-state index in [2.05, 4.69) is 16.9 Å². The van der Waals surface area contributed by atoms with Gasteiger partial charge in [0, 0.05) is 30.3 Å². The third kappa shape index (κ3) is 4.18. The minimum absolute atomic E-state index is 0.207. The highest BCUT2D eigenvalue weighted by atomic mass is 32.2. The fourth-order valence-electron chi connectivity index (χ4n) is 2.50. The van der Waals surface area contributed by atoms with Gasteiger partial charge < -0.3 is 10.6 Å².